The van der Waals surface area contributed by atoms with Crippen molar-refractivity contribution in [1.29, 1.82) is 0 Å². The number of non-ortho nitro benzene ring substituents is 1. The summed E-state index contributed by atoms with van der Waals surface area (Å²) in [5.74, 6) is -1.86. The van der Waals surface area contributed by atoms with Crippen molar-refractivity contribution in [3.63, 3.8) is 0 Å². The molecule has 0 radical (unpaired) electrons. The normalized spacial score (nSPS) is 14.8. The van der Waals surface area contributed by atoms with E-state index in [2.05, 4.69) is 5.32 Å². The van der Waals surface area contributed by atoms with Gasteiger partial charge in [-0.05, 0) is 13.0 Å². The number of amides is 3. The molecule has 0 spiro atoms. The number of piperazine rings is 1. The zero-order valence-corrected chi connectivity index (χ0v) is 12.5. The van der Waals surface area contributed by atoms with Crippen LogP contribution in [0.1, 0.15) is 6.92 Å². The summed E-state index contributed by atoms with van der Waals surface area (Å²) in [6.45, 7) is 2.60. The minimum absolute atomic E-state index is 0.148. The number of rotatable bonds is 5. The Balaban J connectivity index is 1.97. The third kappa shape index (κ3) is 3.82. The lowest BCUT2D eigenvalue weighted by atomic mass is 10.2. The van der Waals surface area contributed by atoms with Gasteiger partial charge in [-0.15, -0.1) is 0 Å². The van der Waals surface area contributed by atoms with Crippen LogP contribution in [0, 0.1) is 10.1 Å². The highest BCUT2D eigenvalue weighted by Gasteiger charge is 2.32. The van der Waals surface area contributed by atoms with Crippen LogP contribution in [-0.2, 0) is 14.4 Å². The molecule has 0 bridgehead atoms. The highest BCUT2D eigenvalue weighted by atomic mass is 16.6. The molecule has 23 heavy (non-hydrogen) atoms. The molecule has 1 aromatic carbocycles. The summed E-state index contributed by atoms with van der Waals surface area (Å²) >= 11 is 0. The fourth-order valence-corrected chi connectivity index (χ4v) is 2.24. The van der Waals surface area contributed by atoms with E-state index in [4.69, 9.17) is 0 Å². The first-order chi connectivity index (χ1) is 10.9. The first kappa shape index (κ1) is 16.4. The van der Waals surface area contributed by atoms with E-state index in [1.807, 2.05) is 0 Å². The van der Waals surface area contributed by atoms with Gasteiger partial charge in [0.05, 0.1) is 4.92 Å². The molecule has 1 aromatic rings. The number of anilines is 1. The van der Waals surface area contributed by atoms with Gasteiger partial charge in [-0.25, -0.2) is 0 Å². The van der Waals surface area contributed by atoms with Crippen LogP contribution in [-0.4, -0.2) is 58.6 Å². The Hall–Kier alpha value is -2.97. The molecule has 0 aliphatic carbocycles. The molecule has 3 amide bonds. The fraction of sp³-hybridized carbons (Fsp3) is 0.357. The first-order valence-electron chi connectivity index (χ1n) is 7.05. The maximum atomic E-state index is 12.0. The van der Waals surface area contributed by atoms with E-state index < -0.39 is 22.6 Å². The molecule has 0 saturated carbocycles. The van der Waals surface area contributed by atoms with Gasteiger partial charge < -0.3 is 15.1 Å². The quantitative estimate of drug-likeness (QED) is 0.474. The van der Waals surface area contributed by atoms with Crippen molar-refractivity contribution < 1.29 is 19.3 Å². The number of nitro benzene ring substituents is 1. The number of likely N-dealkylation sites (N-methyl/N-ethyl adjacent to an activating group) is 1. The van der Waals surface area contributed by atoms with Crippen LogP contribution >= 0.6 is 0 Å². The van der Waals surface area contributed by atoms with E-state index in [0.29, 0.717) is 13.1 Å². The molecule has 1 fully saturated rings. The zero-order chi connectivity index (χ0) is 17.0. The average Bonchev–Trinajstić information content (AvgIpc) is 2.52. The summed E-state index contributed by atoms with van der Waals surface area (Å²) in [6, 6.07) is 5.48. The molecule has 9 nitrogen and oxygen atoms in total. The summed E-state index contributed by atoms with van der Waals surface area (Å²) in [7, 11) is 0. The number of carbonyl (C=O) groups is 3. The average molecular weight is 320 g/mol. The molecular weight excluding hydrogens is 304 g/mol. The second-order valence-electron chi connectivity index (χ2n) is 4.97. The predicted octanol–water partition coefficient (Wildman–Crippen LogP) is 0.224. The Labute approximate surface area is 132 Å². The van der Waals surface area contributed by atoms with Gasteiger partial charge in [0.25, 0.3) is 5.69 Å². The molecule has 1 heterocycles. The van der Waals surface area contributed by atoms with Crippen LogP contribution in [0.5, 0.6) is 0 Å². The SMILES string of the molecule is CCN1CCN(CC(=O)Nc2cccc([N+](=O)[O-])c2)C(=O)C1=O. The summed E-state index contributed by atoms with van der Waals surface area (Å²) in [5.41, 5.74) is 0.112. The number of hydrogen-bond donors (Lipinski definition) is 1. The van der Waals surface area contributed by atoms with E-state index in [0.717, 1.165) is 0 Å². The number of hydrogen-bond acceptors (Lipinski definition) is 5. The van der Waals surface area contributed by atoms with Gasteiger partial charge in [-0.3, -0.25) is 24.5 Å². The van der Waals surface area contributed by atoms with Gasteiger partial charge in [0.1, 0.15) is 6.54 Å². The predicted molar refractivity (Wildman–Crippen MR) is 80.6 cm³/mol. The Morgan fingerprint density at radius 1 is 1.26 bits per heavy atom. The molecule has 1 aliphatic rings. The Morgan fingerprint density at radius 2 is 1.91 bits per heavy atom. The van der Waals surface area contributed by atoms with E-state index in [9.17, 15) is 24.5 Å². The Kier molecular flexibility index (Phi) is 4.89. The summed E-state index contributed by atoms with van der Waals surface area (Å²) in [4.78, 5) is 48.3. The van der Waals surface area contributed by atoms with Crippen LogP contribution in [0.3, 0.4) is 0 Å². The minimum atomic E-state index is -0.715. The van der Waals surface area contributed by atoms with Crippen LogP contribution in [0.4, 0.5) is 11.4 Å². The maximum Gasteiger partial charge on any atom is 0.312 e. The molecular formula is C14H16N4O5. The van der Waals surface area contributed by atoms with Crippen LogP contribution in [0.2, 0.25) is 0 Å². The van der Waals surface area contributed by atoms with Crippen molar-refractivity contribution in [1.82, 2.24) is 9.80 Å². The molecule has 1 N–H and O–H groups in total. The van der Waals surface area contributed by atoms with Gasteiger partial charge in [0.15, 0.2) is 0 Å². The van der Waals surface area contributed by atoms with Crippen molar-refractivity contribution in [2.24, 2.45) is 0 Å². The summed E-state index contributed by atoms with van der Waals surface area (Å²) < 4.78 is 0. The van der Waals surface area contributed by atoms with Gasteiger partial charge in [0, 0.05) is 37.5 Å². The number of nitro groups is 1. The number of nitrogens with one attached hydrogen (secondary N) is 1. The molecule has 0 aromatic heterocycles. The number of benzene rings is 1. The van der Waals surface area contributed by atoms with E-state index in [1.54, 1.807) is 6.92 Å². The second-order valence-corrected chi connectivity index (χ2v) is 4.97. The van der Waals surface area contributed by atoms with E-state index in [1.165, 1.54) is 34.1 Å². The van der Waals surface area contributed by atoms with Gasteiger partial charge in [-0.2, -0.15) is 0 Å². The van der Waals surface area contributed by atoms with Crippen LogP contribution in [0.25, 0.3) is 0 Å². The van der Waals surface area contributed by atoms with Crippen molar-refractivity contribution >= 4 is 29.1 Å². The Bertz CT molecular complexity index is 660. The third-order valence-electron chi connectivity index (χ3n) is 3.45. The highest BCUT2D eigenvalue weighted by molar-refractivity contribution is 6.35. The summed E-state index contributed by atoms with van der Waals surface area (Å²) in [6.07, 6.45) is 0. The van der Waals surface area contributed by atoms with Crippen molar-refractivity contribution in [2.75, 3.05) is 31.5 Å². The molecule has 2 rings (SSSR count). The lowest BCUT2D eigenvalue weighted by Gasteiger charge is -2.32. The summed E-state index contributed by atoms with van der Waals surface area (Å²) in [5, 5.41) is 13.2. The topological polar surface area (TPSA) is 113 Å². The van der Waals surface area contributed by atoms with Gasteiger partial charge in [-0.1, -0.05) is 6.07 Å². The molecule has 9 heteroatoms. The largest absolute Gasteiger partial charge is 0.333 e. The molecule has 122 valence electrons. The second kappa shape index (κ2) is 6.86. The van der Waals surface area contributed by atoms with Crippen molar-refractivity contribution in [2.45, 2.75) is 6.92 Å². The standard InChI is InChI=1S/C14H16N4O5/c1-2-16-6-7-17(14(21)13(16)20)9-12(19)15-10-4-3-5-11(8-10)18(22)23/h3-5,8H,2,6-7,9H2,1H3,(H,15,19). The smallest absolute Gasteiger partial charge is 0.312 e. The van der Waals surface area contributed by atoms with E-state index >= 15 is 0 Å². The highest BCUT2D eigenvalue weighted by Crippen LogP contribution is 2.17. The third-order valence-corrected chi connectivity index (χ3v) is 3.45. The maximum absolute atomic E-state index is 12.0. The van der Waals surface area contributed by atoms with Gasteiger partial charge in [0.2, 0.25) is 5.91 Å². The van der Waals surface area contributed by atoms with Crippen LogP contribution in [0.15, 0.2) is 24.3 Å². The first-order valence-corrected chi connectivity index (χ1v) is 7.05. The number of carbonyl (C=O) groups excluding carboxylic acids is 3. The lowest BCUT2D eigenvalue weighted by molar-refractivity contribution is -0.384. The van der Waals surface area contributed by atoms with Crippen molar-refractivity contribution in [3.05, 3.63) is 34.4 Å². The van der Waals surface area contributed by atoms with E-state index in [-0.39, 0.29) is 24.5 Å². The number of nitrogens with zero attached hydrogens (tertiary/aromatic N) is 3. The fourth-order valence-electron chi connectivity index (χ4n) is 2.24. The lowest BCUT2D eigenvalue weighted by Crippen LogP contribution is -2.55. The molecule has 0 unspecified atom stereocenters. The molecule has 1 saturated heterocycles. The van der Waals surface area contributed by atoms with Crippen molar-refractivity contribution in [3.8, 4) is 0 Å². The zero-order valence-electron chi connectivity index (χ0n) is 12.5. The molecule has 0 atom stereocenters. The Morgan fingerprint density at radius 3 is 2.57 bits per heavy atom. The minimum Gasteiger partial charge on any atom is -0.333 e. The van der Waals surface area contributed by atoms with Crippen LogP contribution < -0.4 is 5.32 Å². The van der Waals surface area contributed by atoms with Gasteiger partial charge >= 0.3 is 11.8 Å². The molecule has 1 aliphatic heterocycles. The monoisotopic (exact) mass is 320 g/mol.